The number of para-hydroxylation sites is 1. The molecule has 0 spiro atoms. The van der Waals surface area contributed by atoms with Gasteiger partial charge >= 0.3 is 0 Å². The molecule has 0 aliphatic carbocycles. The highest BCUT2D eigenvalue weighted by atomic mass is 32.1. The van der Waals surface area contributed by atoms with E-state index in [9.17, 15) is 9.18 Å². The Hall–Kier alpha value is -2.01. The number of benzene rings is 2. The molecule has 2 aromatic carbocycles. The first-order chi connectivity index (χ1) is 10.1. The summed E-state index contributed by atoms with van der Waals surface area (Å²) in [7, 11) is 1.62. The van der Waals surface area contributed by atoms with Crippen LogP contribution in [0.4, 0.5) is 4.39 Å². The van der Waals surface area contributed by atoms with Crippen molar-refractivity contribution in [1.82, 2.24) is 5.32 Å². The summed E-state index contributed by atoms with van der Waals surface area (Å²) in [5.41, 5.74) is 1.41. The summed E-state index contributed by atoms with van der Waals surface area (Å²) in [4.78, 5) is 12.1. The van der Waals surface area contributed by atoms with Crippen LogP contribution in [0.2, 0.25) is 0 Å². The van der Waals surface area contributed by atoms with Crippen LogP contribution in [0.15, 0.2) is 47.4 Å². The zero-order chi connectivity index (χ0) is 15.2. The number of hydrogen-bond acceptors (Lipinski definition) is 3. The van der Waals surface area contributed by atoms with E-state index in [2.05, 4.69) is 17.9 Å². The number of thiol groups is 1. The Morgan fingerprint density at radius 2 is 2.05 bits per heavy atom. The molecule has 0 saturated carbocycles. The molecule has 21 heavy (non-hydrogen) atoms. The molecule has 2 aromatic rings. The number of hydrogen-bond donors (Lipinski definition) is 2. The van der Waals surface area contributed by atoms with E-state index in [0.29, 0.717) is 18.5 Å². The molecule has 0 aliphatic rings. The second-order valence-electron chi connectivity index (χ2n) is 4.48. The van der Waals surface area contributed by atoms with Gasteiger partial charge in [0.15, 0.2) is 0 Å². The minimum Gasteiger partial charge on any atom is -0.496 e. The van der Waals surface area contributed by atoms with Gasteiger partial charge in [0, 0.05) is 17.0 Å². The molecule has 3 nitrogen and oxygen atoms in total. The van der Waals surface area contributed by atoms with Gasteiger partial charge in [-0.05, 0) is 36.2 Å². The number of rotatable bonds is 5. The van der Waals surface area contributed by atoms with Gasteiger partial charge in [-0.2, -0.15) is 0 Å². The van der Waals surface area contributed by atoms with Gasteiger partial charge in [-0.3, -0.25) is 4.79 Å². The van der Waals surface area contributed by atoms with E-state index in [0.717, 1.165) is 11.3 Å². The van der Waals surface area contributed by atoms with Gasteiger partial charge in [0.25, 0.3) is 5.91 Å². The zero-order valence-corrected chi connectivity index (χ0v) is 12.5. The fraction of sp³-hybridized carbons (Fsp3) is 0.188. The Balaban J connectivity index is 1.93. The van der Waals surface area contributed by atoms with Crippen LogP contribution >= 0.6 is 12.6 Å². The molecule has 0 heterocycles. The number of nitrogens with one attached hydrogen (secondary N) is 1. The quantitative estimate of drug-likeness (QED) is 0.833. The minimum absolute atomic E-state index is 0.160. The maximum absolute atomic E-state index is 13.1. The van der Waals surface area contributed by atoms with Crippen molar-refractivity contribution in [1.29, 1.82) is 0 Å². The Kier molecular flexibility index (Phi) is 5.22. The molecule has 0 radical (unpaired) electrons. The summed E-state index contributed by atoms with van der Waals surface area (Å²) in [5, 5.41) is 2.79. The van der Waals surface area contributed by atoms with Gasteiger partial charge in [0.05, 0.1) is 7.11 Å². The normalized spacial score (nSPS) is 10.2. The molecule has 110 valence electrons. The first-order valence-electron chi connectivity index (χ1n) is 6.50. The Morgan fingerprint density at radius 3 is 2.76 bits per heavy atom. The van der Waals surface area contributed by atoms with E-state index in [1.165, 1.54) is 18.2 Å². The molecular formula is C16H16FNO2S. The van der Waals surface area contributed by atoms with Gasteiger partial charge in [0.2, 0.25) is 0 Å². The highest BCUT2D eigenvalue weighted by molar-refractivity contribution is 7.80. The Morgan fingerprint density at radius 1 is 1.29 bits per heavy atom. The van der Waals surface area contributed by atoms with E-state index in [1.54, 1.807) is 7.11 Å². The standard InChI is InChI=1S/C16H16FNO2S/c1-20-14-5-3-2-4-11(14)8-9-18-16(19)12-6-7-13(17)15(21)10-12/h2-7,10,21H,8-9H2,1H3,(H,18,19). The minimum atomic E-state index is -0.441. The van der Waals surface area contributed by atoms with Crippen LogP contribution in [0, 0.1) is 5.82 Å². The van der Waals surface area contributed by atoms with Gasteiger partial charge < -0.3 is 10.1 Å². The van der Waals surface area contributed by atoms with Crippen molar-refractivity contribution in [2.45, 2.75) is 11.3 Å². The SMILES string of the molecule is COc1ccccc1CCNC(=O)c1ccc(F)c(S)c1. The number of ether oxygens (including phenoxy) is 1. The van der Waals surface area contributed by atoms with E-state index in [4.69, 9.17) is 4.74 Å². The maximum atomic E-state index is 13.1. The highest BCUT2D eigenvalue weighted by Gasteiger charge is 2.08. The molecule has 0 saturated heterocycles. The monoisotopic (exact) mass is 305 g/mol. The van der Waals surface area contributed by atoms with Crippen molar-refractivity contribution in [2.24, 2.45) is 0 Å². The van der Waals surface area contributed by atoms with Gasteiger partial charge in [-0.1, -0.05) is 18.2 Å². The van der Waals surface area contributed by atoms with Crippen LogP contribution in [0.3, 0.4) is 0 Å². The van der Waals surface area contributed by atoms with E-state index >= 15 is 0 Å². The number of methoxy groups -OCH3 is 1. The molecule has 0 fully saturated rings. The van der Waals surface area contributed by atoms with Crippen molar-refractivity contribution in [3.05, 3.63) is 59.4 Å². The largest absolute Gasteiger partial charge is 0.496 e. The lowest BCUT2D eigenvalue weighted by Crippen LogP contribution is -2.25. The first-order valence-corrected chi connectivity index (χ1v) is 6.95. The fourth-order valence-electron chi connectivity index (χ4n) is 1.98. The number of carbonyl (C=O) groups excluding carboxylic acids is 1. The lowest BCUT2D eigenvalue weighted by Gasteiger charge is -2.09. The Labute approximate surface area is 128 Å². The number of amides is 1. The molecule has 0 bridgehead atoms. The number of carbonyl (C=O) groups is 1. The third-order valence-electron chi connectivity index (χ3n) is 3.08. The summed E-state index contributed by atoms with van der Waals surface area (Å²) in [6.45, 7) is 0.471. The molecule has 1 N–H and O–H groups in total. The molecule has 0 aromatic heterocycles. The van der Waals surface area contributed by atoms with E-state index < -0.39 is 5.82 Å². The summed E-state index contributed by atoms with van der Waals surface area (Å²) < 4.78 is 18.3. The maximum Gasteiger partial charge on any atom is 0.251 e. The predicted octanol–water partition coefficient (Wildman–Crippen LogP) is 3.10. The topological polar surface area (TPSA) is 38.3 Å². The molecule has 2 rings (SSSR count). The van der Waals surface area contributed by atoms with Gasteiger partial charge in [-0.15, -0.1) is 12.6 Å². The lowest BCUT2D eigenvalue weighted by atomic mass is 10.1. The number of halogens is 1. The van der Waals surface area contributed by atoms with Crippen molar-refractivity contribution in [3.63, 3.8) is 0 Å². The third kappa shape index (κ3) is 3.98. The second-order valence-corrected chi connectivity index (χ2v) is 4.97. The zero-order valence-electron chi connectivity index (χ0n) is 11.6. The van der Waals surface area contributed by atoms with Gasteiger partial charge in [0.1, 0.15) is 11.6 Å². The predicted molar refractivity (Wildman–Crippen MR) is 82.7 cm³/mol. The van der Waals surface area contributed by atoms with Crippen molar-refractivity contribution in [3.8, 4) is 5.75 Å². The van der Waals surface area contributed by atoms with E-state index in [1.807, 2.05) is 24.3 Å². The molecule has 0 aliphatic heterocycles. The summed E-state index contributed by atoms with van der Waals surface area (Å²) in [6.07, 6.45) is 0.657. The summed E-state index contributed by atoms with van der Waals surface area (Å²) in [6, 6.07) is 11.7. The summed E-state index contributed by atoms with van der Waals surface area (Å²) >= 11 is 3.96. The van der Waals surface area contributed by atoms with Crippen LogP contribution < -0.4 is 10.1 Å². The lowest BCUT2D eigenvalue weighted by molar-refractivity contribution is 0.0953. The first kappa shape index (κ1) is 15.4. The average molecular weight is 305 g/mol. The molecule has 0 atom stereocenters. The molecular weight excluding hydrogens is 289 g/mol. The molecule has 0 unspecified atom stereocenters. The third-order valence-corrected chi connectivity index (χ3v) is 3.42. The van der Waals surface area contributed by atoms with Crippen molar-refractivity contribution < 1.29 is 13.9 Å². The Bertz CT molecular complexity index is 646. The smallest absolute Gasteiger partial charge is 0.251 e. The average Bonchev–Trinajstić information content (AvgIpc) is 2.50. The van der Waals surface area contributed by atoms with E-state index in [-0.39, 0.29) is 10.8 Å². The van der Waals surface area contributed by atoms with Crippen LogP contribution in [0.5, 0.6) is 5.75 Å². The van der Waals surface area contributed by atoms with Crippen LogP contribution in [0.1, 0.15) is 15.9 Å². The molecule has 5 heteroatoms. The van der Waals surface area contributed by atoms with Crippen molar-refractivity contribution in [2.75, 3.05) is 13.7 Å². The second kappa shape index (κ2) is 7.13. The van der Waals surface area contributed by atoms with Crippen LogP contribution in [-0.2, 0) is 6.42 Å². The van der Waals surface area contributed by atoms with Crippen LogP contribution in [-0.4, -0.2) is 19.6 Å². The van der Waals surface area contributed by atoms with Gasteiger partial charge in [-0.25, -0.2) is 4.39 Å². The van der Waals surface area contributed by atoms with Crippen molar-refractivity contribution >= 4 is 18.5 Å². The fourth-order valence-corrected chi connectivity index (χ4v) is 2.19. The highest BCUT2D eigenvalue weighted by Crippen LogP contribution is 2.17. The van der Waals surface area contributed by atoms with Crippen LogP contribution in [0.25, 0.3) is 0 Å². The summed E-state index contributed by atoms with van der Waals surface area (Å²) in [5.74, 6) is 0.107. The molecule has 1 amide bonds.